The fourth-order valence-electron chi connectivity index (χ4n) is 12.3. The van der Waals surface area contributed by atoms with Gasteiger partial charge in [0.2, 0.25) is 23.0 Å². The summed E-state index contributed by atoms with van der Waals surface area (Å²) in [5.74, 6) is -8.97. The molecule has 564 valence electrons. The van der Waals surface area contributed by atoms with E-state index < -0.39 is 93.1 Å². The summed E-state index contributed by atoms with van der Waals surface area (Å²) >= 11 is 4.94. The molecule has 14 rings (SSSR count). The van der Waals surface area contributed by atoms with E-state index >= 15 is 0 Å². The van der Waals surface area contributed by atoms with E-state index in [0.717, 1.165) is 25.7 Å². The number of thiophene rings is 3. The Hall–Kier alpha value is -10.1. The Balaban J connectivity index is 0.000000153. The number of carbonyl (C=O) groups excluding carboxylic acids is 9. The number of aliphatic hydroxyl groups is 2. The topological polar surface area (TPSA) is 289 Å². The number of nitrogens with two attached hydrogens (primary N) is 1. The third-order valence-electron chi connectivity index (χ3n) is 18.5. The molecule has 6 aliphatic rings. The molecule has 8 heterocycles. The second-order valence-electron chi connectivity index (χ2n) is 26.5. The van der Waals surface area contributed by atoms with E-state index in [2.05, 4.69) is 6.07 Å². The highest BCUT2D eigenvalue weighted by Crippen LogP contribution is 2.51. The van der Waals surface area contributed by atoms with Gasteiger partial charge in [0.05, 0.1) is 5.92 Å². The van der Waals surface area contributed by atoms with Gasteiger partial charge in [-0.2, -0.15) is 0 Å². The van der Waals surface area contributed by atoms with E-state index in [1.807, 2.05) is 46.5 Å². The number of hydrogen-bond acceptors (Lipinski definition) is 18. The van der Waals surface area contributed by atoms with Crippen molar-refractivity contribution in [2.24, 2.45) is 17.3 Å². The highest BCUT2D eigenvalue weighted by Gasteiger charge is 2.64. The van der Waals surface area contributed by atoms with Gasteiger partial charge in [-0.1, -0.05) is 18.2 Å². The van der Waals surface area contributed by atoms with Crippen LogP contribution in [-0.4, -0.2) is 117 Å². The van der Waals surface area contributed by atoms with Crippen molar-refractivity contribution in [2.45, 2.75) is 127 Å². The molecule has 5 aliphatic heterocycles. The number of nitrogens with zero attached hydrogens (tertiary/aromatic N) is 4. The molecule has 5 N–H and O–H groups in total. The van der Waals surface area contributed by atoms with E-state index in [1.165, 1.54) is 139 Å². The molecular weight excluding hydrogens is 1450 g/mol. The van der Waals surface area contributed by atoms with Gasteiger partial charge in [-0.15, -0.1) is 34.0 Å². The van der Waals surface area contributed by atoms with Crippen LogP contribution >= 0.6 is 34.0 Å². The van der Waals surface area contributed by atoms with E-state index in [0.29, 0.717) is 86.5 Å². The van der Waals surface area contributed by atoms with E-state index in [-0.39, 0.29) is 67.9 Å². The number of ketones is 3. The van der Waals surface area contributed by atoms with E-state index in [1.54, 1.807) is 64.9 Å². The first-order valence-corrected chi connectivity index (χ1v) is 37.3. The summed E-state index contributed by atoms with van der Waals surface area (Å²) in [6.45, 7) is 4.48. The number of ether oxygens (including phenoxy) is 2. The van der Waals surface area contributed by atoms with Crippen LogP contribution in [0.1, 0.15) is 106 Å². The van der Waals surface area contributed by atoms with Crippen LogP contribution in [0, 0.1) is 46.3 Å². The molecule has 1 saturated carbocycles. The van der Waals surface area contributed by atoms with Crippen LogP contribution in [0.5, 0.6) is 0 Å². The van der Waals surface area contributed by atoms with Crippen molar-refractivity contribution >= 4 is 121 Å². The molecule has 5 saturated heterocycles. The molecule has 0 bridgehead atoms. The first-order chi connectivity index (χ1) is 51.0. The summed E-state index contributed by atoms with van der Waals surface area (Å²) in [6, 6.07) is 39.8. The molecule has 20 nitrogen and oxygen atoms in total. The predicted molar refractivity (Wildman–Crippen MR) is 394 cm³/mol. The molecule has 8 aromatic rings. The highest BCUT2D eigenvalue weighted by molar-refractivity contribution is 7.10. The monoisotopic (exact) mass is 1530 g/mol. The number of hydrogen-bond donors (Lipinski definition) is 4. The van der Waals surface area contributed by atoms with E-state index in [9.17, 15) is 80.1 Å². The number of carbonyl (C=O) groups is 10. The summed E-state index contributed by atoms with van der Waals surface area (Å²) in [4.78, 5) is 129. The summed E-state index contributed by atoms with van der Waals surface area (Å²) in [7, 11) is 0. The minimum Gasteiger partial charge on any atom is -0.481 e. The van der Waals surface area contributed by atoms with Gasteiger partial charge >= 0.3 is 17.9 Å². The number of nitrogen functional groups attached to an aromatic ring is 1. The fourth-order valence-corrected chi connectivity index (χ4v) is 14.5. The smallest absolute Gasteiger partial charge is 0.326 e. The molecular formula is C79H80F5N5O15S3. The van der Waals surface area contributed by atoms with Gasteiger partial charge < -0.3 is 50.1 Å². The highest BCUT2D eigenvalue weighted by atomic mass is 32.1. The minimum absolute atomic E-state index is 0.0242. The Morgan fingerprint density at radius 2 is 0.766 bits per heavy atom. The lowest BCUT2D eigenvalue weighted by molar-refractivity contribution is -0.242. The molecule has 1 aliphatic carbocycles. The number of aliphatic carboxylic acids is 1. The van der Waals surface area contributed by atoms with Gasteiger partial charge in [0.1, 0.15) is 40.8 Å². The molecule has 4 amide bonds. The first kappa shape index (κ1) is 81.0. The van der Waals surface area contributed by atoms with Crippen molar-refractivity contribution in [1.29, 1.82) is 0 Å². The number of benzene rings is 5. The van der Waals surface area contributed by atoms with Crippen LogP contribution in [-0.2, 0) is 76.7 Å². The molecule has 1 spiro atoms. The number of aryl methyl sites for hydroxylation is 3. The number of Topliss-reactive ketones (excluding diaryl/α,β-unsaturated/α-hetero) is 3. The Morgan fingerprint density at radius 3 is 1.07 bits per heavy atom. The van der Waals surface area contributed by atoms with Gasteiger partial charge in [0.15, 0.2) is 17.0 Å². The Labute approximate surface area is 626 Å². The zero-order valence-corrected chi connectivity index (χ0v) is 61.0. The van der Waals surface area contributed by atoms with Gasteiger partial charge in [0, 0.05) is 115 Å². The van der Waals surface area contributed by atoms with Gasteiger partial charge in [0.25, 0.3) is 17.6 Å². The number of rotatable bonds is 20. The first-order valence-electron chi connectivity index (χ1n) is 34.6. The summed E-state index contributed by atoms with van der Waals surface area (Å²) in [6.07, 6.45) is 7.27. The van der Waals surface area contributed by atoms with Crippen LogP contribution in [0.15, 0.2) is 174 Å². The maximum atomic E-state index is 13.0. The third-order valence-corrected chi connectivity index (χ3v) is 21.3. The molecule has 3 aromatic heterocycles. The maximum Gasteiger partial charge on any atom is 0.326 e. The molecule has 4 atom stereocenters. The maximum absolute atomic E-state index is 13.0. The van der Waals surface area contributed by atoms with Crippen molar-refractivity contribution in [1.82, 2.24) is 0 Å². The fraction of sp³-hybridized carbons (Fsp3) is 0.342. The van der Waals surface area contributed by atoms with Crippen LogP contribution in [0.4, 0.5) is 50.4 Å². The van der Waals surface area contributed by atoms with Crippen LogP contribution in [0.3, 0.4) is 0 Å². The Bertz CT molecular complexity index is 4230. The lowest BCUT2D eigenvalue weighted by atomic mass is 9.93. The van der Waals surface area contributed by atoms with Gasteiger partial charge in [-0.25, -0.2) is 22.0 Å². The third kappa shape index (κ3) is 21.1. The van der Waals surface area contributed by atoms with E-state index in [4.69, 9.17) is 20.3 Å². The second-order valence-corrected chi connectivity index (χ2v) is 29.6. The van der Waals surface area contributed by atoms with Crippen molar-refractivity contribution in [2.75, 3.05) is 51.5 Å². The average Bonchev–Trinajstić information content (AvgIpc) is 1.59. The molecule has 5 aromatic carbocycles. The zero-order valence-electron chi connectivity index (χ0n) is 58.6. The van der Waals surface area contributed by atoms with Crippen LogP contribution in [0.2, 0.25) is 0 Å². The quantitative estimate of drug-likeness (QED) is 0.0239. The van der Waals surface area contributed by atoms with Gasteiger partial charge in [-0.3, -0.25) is 47.9 Å². The molecule has 28 heteroatoms. The van der Waals surface area contributed by atoms with Crippen molar-refractivity contribution in [3.8, 4) is 0 Å². The summed E-state index contributed by atoms with van der Waals surface area (Å²) in [5, 5.41) is 35.9. The van der Waals surface area contributed by atoms with Gasteiger partial charge in [-0.05, 0) is 220 Å². The number of carboxylic acids is 1. The molecule has 3 unspecified atom stereocenters. The SMILES string of the molecule is CC1(C)OC(=O)C2(CC2)C(=O)O1.Nc1ccc(F)cc1.O=C(CCCc1cccs1)C1(O)CCN(c2ccc(F)cc2)C1=O.O=C(CCCc1cccs1)C1CCN(c2ccc(F)cc2)C1=O.O=C(CCCc1cccs1)[C@@]1(O)CCN(c2ccc(F)cc2)C1=O.O=C(O)C1CCN(c2ccc(F)cc2)C1=O. The minimum atomic E-state index is -1.95. The van der Waals surface area contributed by atoms with Crippen molar-refractivity contribution in [3.63, 3.8) is 0 Å². The summed E-state index contributed by atoms with van der Waals surface area (Å²) in [5.41, 5.74) is 3.19. The average molecular weight is 1530 g/mol. The summed E-state index contributed by atoms with van der Waals surface area (Å²) < 4.78 is 73.6. The Morgan fingerprint density at radius 1 is 0.449 bits per heavy atom. The number of amides is 4. The number of carboxylic acid groups (broad SMARTS) is 1. The largest absolute Gasteiger partial charge is 0.481 e. The number of halogens is 5. The molecule has 6 fully saturated rings. The lowest BCUT2D eigenvalue weighted by Gasteiger charge is -2.32. The van der Waals surface area contributed by atoms with Crippen molar-refractivity contribution < 1.29 is 94.7 Å². The molecule has 107 heavy (non-hydrogen) atoms. The predicted octanol–water partition coefficient (Wildman–Crippen LogP) is 13.0. The Kier molecular flexibility index (Phi) is 27.6. The number of esters is 2. The van der Waals surface area contributed by atoms with Crippen LogP contribution < -0.4 is 25.3 Å². The second kappa shape index (κ2) is 36.4. The molecule has 0 radical (unpaired) electrons. The van der Waals surface area contributed by atoms with Crippen molar-refractivity contribution in [3.05, 3.63) is 218 Å². The lowest BCUT2D eigenvalue weighted by Crippen LogP contribution is -2.47. The number of cyclic esters (lactones) is 2. The van der Waals surface area contributed by atoms with Crippen LogP contribution in [0.25, 0.3) is 0 Å². The normalized spacial score (nSPS) is 20.0. The number of anilines is 5. The standard InChI is InChI=1S/2C18H18FNO3S.C18H18FNO2S.C11H10FNO3.C8H10O4.C6H6FN/c2*19-13-6-8-14(9-7-13)20-11-10-18(23,17(20)22)16(21)5-1-3-15-4-2-12-24-15;19-13-6-8-14(9-7-13)20-11-10-16(18(20)22)17(21)5-1-3-15-4-2-12-23-15;12-7-1-3-8(4-2-7)13-6-5-9(10(13)14)11(15)16;1-7(2)11-5(9)8(3-4-8)6(10)12-7;7-5-1-3-6(8)4-2-5/h2*2,4,6-9,12,23H,1,3,5,10-11H2;2,4,6-9,12,16H,1,3,5,10-11H2;1-4,9H,5-6H2,(H,15,16);3-4H2,1-2H3;1-4H,8H2/t18-;;;;;/m0...../s1. The zero-order chi connectivity index (χ0) is 77.2.